The summed E-state index contributed by atoms with van der Waals surface area (Å²) in [5, 5.41) is 9.24. The Balaban J connectivity index is 1.14. The number of hydrogen-bond acceptors (Lipinski definition) is 4. The first-order valence-electron chi connectivity index (χ1n) is 21.1. The quantitative estimate of drug-likeness (QED) is 0.0327. The molecule has 280 valence electrons. The van der Waals surface area contributed by atoms with Gasteiger partial charge in [0.25, 0.3) is 0 Å². The average Bonchev–Trinajstić information content (AvgIpc) is 3.43. The molecule has 4 aliphatic rings. The molecule has 1 N–H and O–H groups in total. The maximum absolute atomic E-state index is 12.8. The Kier molecular flexibility index (Phi) is 16.5. The van der Waals surface area contributed by atoms with Crippen LogP contribution < -0.4 is 0 Å². The topological polar surface area (TPSA) is 55.8 Å². The molecule has 0 amide bonds. The molecule has 0 aromatic carbocycles. The fourth-order valence-corrected chi connectivity index (χ4v) is 11.2. The number of ether oxygens (including phenoxy) is 1. The molecule has 0 saturated heterocycles. The van der Waals surface area contributed by atoms with Crippen LogP contribution in [0.25, 0.3) is 0 Å². The van der Waals surface area contributed by atoms with Gasteiger partial charge in [-0.25, -0.2) is 4.89 Å². The van der Waals surface area contributed by atoms with E-state index < -0.39 is 0 Å². The Hall–Kier alpha value is -1.39. The maximum atomic E-state index is 12.8. The molecule has 9 atom stereocenters. The van der Waals surface area contributed by atoms with Gasteiger partial charge in [0.1, 0.15) is 12.2 Å². The smallest absolute Gasteiger partial charge is 0.306 e. The number of unbranched alkanes of at least 4 members (excludes halogenated alkanes) is 7. The average molecular weight is 681 g/mol. The fourth-order valence-electron chi connectivity index (χ4n) is 11.2. The van der Waals surface area contributed by atoms with Gasteiger partial charge in [0.15, 0.2) is 0 Å². The Morgan fingerprint density at radius 1 is 0.898 bits per heavy atom. The summed E-state index contributed by atoms with van der Waals surface area (Å²) in [6.45, 7) is 14.8. The molecular formula is C45H76O4. The summed E-state index contributed by atoms with van der Waals surface area (Å²) in [5.41, 5.74) is 2.45. The molecule has 3 saturated carbocycles. The lowest BCUT2D eigenvalue weighted by molar-refractivity contribution is -0.267. The number of rotatable bonds is 21. The van der Waals surface area contributed by atoms with E-state index >= 15 is 0 Å². The fraction of sp³-hybridized carbons (Fsp3) is 0.844. The summed E-state index contributed by atoms with van der Waals surface area (Å²) in [5.74, 6) is 5.14. The molecule has 4 heteroatoms. The highest BCUT2D eigenvalue weighted by molar-refractivity contribution is 5.69. The number of carbonyl (C=O) groups is 1. The molecule has 0 bridgehead atoms. The van der Waals surface area contributed by atoms with Crippen LogP contribution in [0.15, 0.2) is 36.0 Å². The molecule has 0 aromatic heterocycles. The van der Waals surface area contributed by atoms with E-state index in [2.05, 4.69) is 64.7 Å². The van der Waals surface area contributed by atoms with E-state index in [0.29, 0.717) is 17.3 Å². The van der Waals surface area contributed by atoms with Crippen molar-refractivity contribution in [3.05, 3.63) is 36.0 Å². The Labute approximate surface area is 302 Å². The molecule has 4 aliphatic carbocycles. The van der Waals surface area contributed by atoms with E-state index in [0.717, 1.165) is 93.3 Å². The highest BCUT2D eigenvalue weighted by Crippen LogP contribution is 2.67. The molecule has 49 heavy (non-hydrogen) atoms. The van der Waals surface area contributed by atoms with Gasteiger partial charge in [0, 0.05) is 12.8 Å². The van der Waals surface area contributed by atoms with Crippen LogP contribution in [0.3, 0.4) is 0 Å². The maximum Gasteiger partial charge on any atom is 0.306 e. The van der Waals surface area contributed by atoms with Crippen LogP contribution in [0.2, 0.25) is 0 Å². The van der Waals surface area contributed by atoms with E-state index in [1.165, 1.54) is 77.0 Å². The van der Waals surface area contributed by atoms with Crippen molar-refractivity contribution in [1.29, 1.82) is 0 Å². The van der Waals surface area contributed by atoms with Crippen molar-refractivity contribution in [1.82, 2.24) is 0 Å². The molecule has 0 aromatic rings. The van der Waals surface area contributed by atoms with E-state index in [4.69, 9.17) is 4.74 Å². The van der Waals surface area contributed by atoms with Crippen LogP contribution in [0, 0.1) is 46.3 Å². The summed E-state index contributed by atoms with van der Waals surface area (Å²) in [7, 11) is 0. The normalized spacial score (nSPS) is 32.6. The van der Waals surface area contributed by atoms with Crippen molar-refractivity contribution in [2.45, 2.75) is 195 Å². The van der Waals surface area contributed by atoms with Gasteiger partial charge in [0.2, 0.25) is 0 Å². The summed E-state index contributed by atoms with van der Waals surface area (Å²) in [6.07, 6.45) is 36.3. The third-order valence-electron chi connectivity index (χ3n) is 14.1. The summed E-state index contributed by atoms with van der Waals surface area (Å²) >= 11 is 0. The molecule has 0 aliphatic heterocycles. The van der Waals surface area contributed by atoms with Crippen LogP contribution in [-0.2, 0) is 14.4 Å². The van der Waals surface area contributed by atoms with Crippen LogP contribution in [-0.4, -0.2) is 23.4 Å². The molecule has 0 spiro atoms. The minimum Gasteiger partial charge on any atom is -0.462 e. The van der Waals surface area contributed by atoms with Gasteiger partial charge < -0.3 is 4.74 Å². The molecule has 0 unspecified atom stereocenters. The SMILES string of the molecule is CCCCC/C=C\C=C\[C@H](CCCCCCCC(=O)O[C@H]1CC[C@@]2(C)C(=CC[C@H]3[C@@H]4CC[C@@H]([C@H](C)CCCC(C)C)[C@@]4(C)CC[C@@H]32)C1)OO. The summed E-state index contributed by atoms with van der Waals surface area (Å²) < 4.78 is 6.10. The van der Waals surface area contributed by atoms with E-state index in [1.54, 1.807) is 5.57 Å². The minimum atomic E-state index is -0.246. The largest absolute Gasteiger partial charge is 0.462 e. The zero-order chi connectivity index (χ0) is 35.3. The van der Waals surface area contributed by atoms with Gasteiger partial charge in [-0.1, -0.05) is 135 Å². The molecular weight excluding hydrogens is 604 g/mol. The van der Waals surface area contributed by atoms with Crippen molar-refractivity contribution in [2.75, 3.05) is 0 Å². The van der Waals surface area contributed by atoms with Gasteiger partial charge in [-0.05, 0) is 117 Å². The standard InChI is InChI=1S/C45H76O4/c1-7-8-9-10-11-13-16-22-37(49-47)23-17-14-12-15-18-24-43(46)48-38-29-31-44(5)36(33-38)25-26-39-41-28-27-40(35(4)21-19-20-34(2)3)45(41,6)32-30-42(39)44/h11,13,16,22,25,34-35,37-42,47H,7-10,12,14-15,17-21,23-24,26-33H2,1-6H3/b13-11-,22-16+/t35-,37-,38+,39+,40+,41+,42+,44+,45-/m1/s1. The van der Waals surface area contributed by atoms with Gasteiger partial charge in [-0.3, -0.25) is 10.1 Å². The van der Waals surface area contributed by atoms with E-state index in [9.17, 15) is 10.1 Å². The Bertz CT molecular complexity index is 1070. The van der Waals surface area contributed by atoms with E-state index in [-0.39, 0.29) is 18.2 Å². The molecule has 4 rings (SSSR count). The number of hydrogen-bond donors (Lipinski definition) is 1. The Morgan fingerprint density at radius 2 is 1.69 bits per heavy atom. The summed E-state index contributed by atoms with van der Waals surface area (Å²) in [6, 6.07) is 0. The van der Waals surface area contributed by atoms with Crippen LogP contribution in [0.1, 0.15) is 183 Å². The second kappa shape index (κ2) is 20.0. The summed E-state index contributed by atoms with van der Waals surface area (Å²) in [4.78, 5) is 17.5. The second-order valence-corrected chi connectivity index (χ2v) is 17.9. The van der Waals surface area contributed by atoms with E-state index in [1.807, 2.05) is 12.2 Å². The van der Waals surface area contributed by atoms with Crippen LogP contribution in [0.5, 0.6) is 0 Å². The van der Waals surface area contributed by atoms with Crippen LogP contribution >= 0.6 is 0 Å². The van der Waals surface area contributed by atoms with Gasteiger partial charge in [-0.2, -0.15) is 0 Å². The number of carbonyl (C=O) groups excluding carboxylic acids is 1. The molecule has 4 nitrogen and oxygen atoms in total. The monoisotopic (exact) mass is 681 g/mol. The lowest BCUT2D eigenvalue weighted by Gasteiger charge is -2.58. The zero-order valence-corrected chi connectivity index (χ0v) is 32.7. The first kappa shape index (κ1) is 40.4. The molecule has 0 radical (unpaired) electrons. The highest BCUT2D eigenvalue weighted by atomic mass is 17.1. The molecule has 3 fully saturated rings. The predicted molar refractivity (Wildman–Crippen MR) is 205 cm³/mol. The van der Waals surface area contributed by atoms with Gasteiger partial charge in [0.05, 0.1) is 0 Å². The highest BCUT2D eigenvalue weighted by Gasteiger charge is 2.59. The number of allylic oxidation sites excluding steroid dienone is 4. The number of fused-ring (bicyclic) bond motifs is 5. The lowest BCUT2D eigenvalue weighted by Crippen LogP contribution is -2.51. The van der Waals surface area contributed by atoms with Gasteiger partial charge >= 0.3 is 5.97 Å². The van der Waals surface area contributed by atoms with Crippen molar-refractivity contribution in [3.8, 4) is 0 Å². The third-order valence-corrected chi connectivity index (χ3v) is 14.1. The Morgan fingerprint density at radius 3 is 2.47 bits per heavy atom. The first-order chi connectivity index (χ1) is 23.6. The predicted octanol–water partition coefficient (Wildman–Crippen LogP) is 13.2. The lowest BCUT2D eigenvalue weighted by atomic mass is 9.47. The third kappa shape index (κ3) is 11.1. The van der Waals surface area contributed by atoms with Crippen molar-refractivity contribution < 1.29 is 19.7 Å². The van der Waals surface area contributed by atoms with Crippen molar-refractivity contribution in [2.24, 2.45) is 46.3 Å². The van der Waals surface area contributed by atoms with Gasteiger partial charge in [-0.15, -0.1) is 0 Å². The minimum absolute atomic E-state index is 0.00235. The van der Waals surface area contributed by atoms with Crippen LogP contribution in [0.4, 0.5) is 0 Å². The zero-order valence-electron chi connectivity index (χ0n) is 32.7. The first-order valence-corrected chi connectivity index (χ1v) is 21.1. The number of esters is 1. The van der Waals surface area contributed by atoms with Crippen molar-refractivity contribution >= 4 is 5.97 Å². The molecule has 0 heterocycles. The second-order valence-electron chi connectivity index (χ2n) is 17.9. The van der Waals surface area contributed by atoms with Crippen molar-refractivity contribution in [3.63, 3.8) is 0 Å².